The lowest BCUT2D eigenvalue weighted by Crippen LogP contribution is -2.27. The van der Waals surface area contributed by atoms with Crippen LogP contribution in [0.15, 0.2) is 24.3 Å². The van der Waals surface area contributed by atoms with Crippen molar-refractivity contribution in [3.8, 4) is 0 Å². The van der Waals surface area contributed by atoms with Crippen LogP contribution in [0.4, 0.5) is 10.5 Å². The van der Waals surface area contributed by atoms with E-state index in [2.05, 4.69) is 15.5 Å². The van der Waals surface area contributed by atoms with Gasteiger partial charge in [0, 0.05) is 30.5 Å². The molecule has 0 aliphatic carbocycles. The number of carbonyl (C=O) groups excluding carboxylic acids is 1. The van der Waals surface area contributed by atoms with Crippen molar-refractivity contribution in [2.24, 2.45) is 0 Å². The zero-order valence-corrected chi connectivity index (χ0v) is 16.7. The highest BCUT2D eigenvalue weighted by Crippen LogP contribution is 2.38. The van der Waals surface area contributed by atoms with Crippen LogP contribution in [0.25, 0.3) is 0 Å². The van der Waals surface area contributed by atoms with Crippen molar-refractivity contribution in [3.63, 3.8) is 0 Å². The van der Waals surface area contributed by atoms with Gasteiger partial charge in [0.2, 0.25) is 0 Å². The molecule has 3 N–H and O–H groups in total. The van der Waals surface area contributed by atoms with E-state index in [1.807, 2.05) is 0 Å². The normalized spacial score (nSPS) is 11.6. The minimum atomic E-state index is -3.23. The summed E-state index contributed by atoms with van der Waals surface area (Å²) in [5, 5.41) is 8.15. The van der Waals surface area contributed by atoms with Crippen LogP contribution in [0.2, 0.25) is 0 Å². The third-order valence-corrected chi connectivity index (χ3v) is 4.94. The van der Waals surface area contributed by atoms with E-state index < -0.39 is 13.8 Å². The summed E-state index contributed by atoms with van der Waals surface area (Å²) in [6.45, 7) is 4.35. The predicted octanol–water partition coefficient (Wildman–Crippen LogP) is 3.93. The minimum absolute atomic E-state index is 0.124. The van der Waals surface area contributed by atoms with Gasteiger partial charge in [0.1, 0.15) is 0 Å². The van der Waals surface area contributed by atoms with E-state index in [1.165, 1.54) is 0 Å². The second kappa shape index (κ2) is 11.7. The summed E-state index contributed by atoms with van der Waals surface area (Å²) in [6, 6.07) is 6.95. The number of amides is 1. The lowest BCUT2D eigenvalue weighted by Gasteiger charge is -2.20. The second-order valence-corrected chi connectivity index (χ2v) is 8.04. The number of halogens is 2. The van der Waals surface area contributed by atoms with Gasteiger partial charge in [0.25, 0.3) is 0 Å². The van der Waals surface area contributed by atoms with Crippen LogP contribution in [0.1, 0.15) is 19.4 Å². The largest absolute Gasteiger partial charge is 0.447 e. The number of anilines is 1. The Kier molecular flexibility index (Phi) is 10.4. The molecule has 0 bridgehead atoms. The number of hydrogen-bond acceptors (Lipinski definition) is 4. The topological polar surface area (TPSA) is 88.7 Å². The zero-order valence-electron chi connectivity index (χ0n) is 14.3. The molecule has 1 aromatic rings. The molecule has 7 nitrogen and oxygen atoms in total. The number of carbonyl (C=O) groups is 1. The Balaban J connectivity index is 2.57. The fourth-order valence-corrected chi connectivity index (χ4v) is 3.63. The molecule has 0 radical (unpaired) electrons. The fraction of sp³-hybridized carbons (Fsp3) is 0.533. The maximum absolute atomic E-state index is 12.6. The van der Waals surface area contributed by atoms with Crippen LogP contribution in [0, 0.1) is 0 Å². The van der Waals surface area contributed by atoms with Gasteiger partial charge in [0.15, 0.2) is 0 Å². The molecule has 10 heteroatoms. The molecule has 0 spiro atoms. The molecule has 0 saturated heterocycles. The summed E-state index contributed by atoms with van der Waals surface area (Å²) in [6.07, 6.45) is -0.707. The van der Waals surface area contributed by atoms with Crippen molar-refractivity contribution >= 4 is 42.7 Å². The van der Waals surface area contributed by atoms with Crippen LogP contribution in [-0.4, -0.2) is 37.0 Å². The Morgan fingerprint density at radius 3 is 2.16 bits per heavy atom. The molecule has 0 saturated carbocycles. The molecule has 0 atom stereocenters. The van der Waals surface area contributed by atoms with Gasteiger partial charge in [-0.1, -0.05) is 12.1 Å². The number of nitrogens with one attached hydrogen (secondary N) is 3. The zero-order chi connectivity index (χ0) is 18.7. The smallest absolute Gasteiger partial charge is 0.411 e. The van der Waals surface area contributed by atoms with Gasteiger partial charge in [-0.3, -0.25) is 9.88 Å². The molecular formula is C15H24Cl2N3O4P. The molecule has 1 rings (SSSR count). The highest BCUT2D eigenvalue weighted by atomic mass is 35.5. The Morgan fingerprint density at radius 2 is 1.68 bits per heavy atom. The molecule has 0 aliphatic rings. The molecule has 0 unspecified atom stereocenters. The quantitative estimate of drug-likeness (QED) is 0.377. The van der Waals surface area contributed by atoms with Crippen molar-refractivity contribution in [1.82, 2.24) is 10.2 Å². The minimum Gasteiger partial charge on any atom is -0.447 e. The highest BCUT2D eigenvalue weighted by molar-refractivity contribution is 7.54. The van der Waals surface area contributed by atoms with Crippen molar-refractivity contribution < 1.29 is 18.6 Å². The summed E-state index contributed by atoms with van der Waals surface area (Å²) in [7, 11) is -3.23. The standard InChI is InChI=1S/C15H24Cl2N3O4P/c1-12(2)24-15(21)20-14-5-3-13(4-6-14)11-23-25(22,18-9-7-16)19-10-8-17/h3-6,12H,7-11H2,1-2H3,(H,20,21)(H2,18,19,22). The van der Waals surface area contributed by atoms with Crippen molar-refractivity contribution in [2.75, 3.05) is 30.2 Å². The van der Waals surface area contributed by atoms with E-state index in [0.29, 0.717) is 30.5 Å². The lowest BCUT2D eigenvalue weighted by molar-refractivity contribution is 0.130. The molecular weight excluding hydrogens is 388 g/mol. The van der Waals surface area contributed by atoms with E-state index in [0.717, 1.165) is 5.56 Å². The van der Waals surface area contributed by atoms with Gasteiger partial charge in [-0.2, -0.15) is 0 Å². The van der Waals surface area contributed by atoms with Gasteiger partial charge in [-0.05, 0) is 31.5 Å². The maximum atomic E-state index is 12.6. The first-order valence-corrected chi connectivity index (χ1v) is 10.5. The second-order valence-electron chi connectivity index (χ2n) is 5.30. The predicted molar refractivity (Wildman–Crippen MR) is 102 cm³/mol. The third kappa shape index (κ3) is 9.45. The summed E-state index contributed by atoms with van der Waals surface area (Å²) in [5.74, 6) is 0.617. The Bertz CT molecular complexity index is 560. The maximum Gasteiger partial charge on any atom is 0.411 e. The van der Waals surface area contributed by atoms with Crippen LogP contribution >= 0.6 is 30.9 Å². The van der Waals surface area contributed by atoms with Crippen LogP contribution in [-0.2, 0) is 20.4 Å². The van der Waals surface area contributed by atoms with Gasteiger partial charge in [-0.15, -0.1) is 23.2 Å². The number of ether oxygens (including phenoxy) is 1. The molecule has 0 heterocycles. The first kappa shape index (κ1) is 22.2. The first-order chi connectivity index (χ1) is 11.9. The van der Waals surface area contributed by atoms with E-state index in [-0.39, 0.29) is 12.7 Å². The number of rotatable bonds is 11. The summed E-state index contributed by atoms with van der Waals surface area (Å²) in [5.41, 5.74) is 1.39. The van der Waals surface area contributed by atoms with Crippen LogP contribution < -0.4 is 15.5 Å². The van der Waals surface area contributed by atoms with Gasteiger partial charge in [0.05, 0.1) is 12.7 Å². The summed E-state index contributed by atoms with van der Waals surface area (Å²) in [4.78, 5) is 11.5. The van der Waals surface area contributed by atoms with Crippen molar-refractivity contribution in [3.05, 3.63) is 29.8 Å². The van der Waals surface area contributed by atoms with E-state index >= 15 is 0 Å². The Hall–Kier alpha value is -0.820. The van der Waals surface area contributed by atoms with Crippen LogP contribution in [0.3, 0.4) is 0 Å². The summed E-state index contributed by atoms with van der Waals surface area (Å²) < 4.78 is 23.1. The number of alkyl halides is 2. The molecule has 0 aromatic heterocycles. The molecule has 0 fully saturated rings. The molecule has 142 valence electrons. The number of hydrogen-bond donors (Lipinski definition) is 3. The number of benzene rings is 1. The monoisotopic (exact) mass is 411 g/mol. The van der Waals surface area contributed by atoms with Crippen molar-refractivity contribution in [1.29, 1.82) is 0 Å². The highest BCUT2D eigenvalue weighted by Gasteiger charge is 2.21. The third-order valence-electron chi connectivity index (χ3n) is 2.78. The van der Waals surface area contributed by atoms with E-state index in [9.17, 15) is 9.36 Å². The molecule has 1 aromatic carbocycles. The average Bonchev–Trinajstić information content (AvgIpc) is 2.57. The lowest BCUT2D eigenvalue weighted by atomic mass is 10.2. The van der Waals surface area contributed by atoms with Gasteiger partial charge < -0.3 is 9.26 Å². The van der Waals surface area contributed by atoms with Crippen molar-refractivity contribution in [2.45, 2.75) is 26.6 Å². The molecule has 25 heavy (non-hydrogen) atoms. The fourth-order valence-electron chi connectivity index (χ4n) is 1.74. The summed E-state index contributed by atoms with van der Waals surface area (Å²) >= 11 is 11.2. The van der Waals surface area contributed by atoms with Crippen LogP contribution in [0.5, 0.6) is 0 Å². The molecule has 0 aliphatic heterocycles. The Morgan fingerprint density at radius 1 is 1.12 bits per heavy atom. The van der Waals surface area contributed by atoms with E-state index in [4.69, 9.17) is 32.5 Å². The average molecular weight is 412 g/mol. The first-order valence-electron chi connectivity index (χ1n) is 7.82. The van der Waals surface area contributed by atoms with E-state index in [1.54, 1.807) is 38.1 Å². The molecule has 1 amide bonds. The van der Waals surface area contributed by atoms with Gasteiger partial charge >= 0.3 is 13.8 Å². The SMILES string of the molecule is CC(C)OC(=O)Nc1ccc(COP(=O)(NCCCl)NCCCl)cc1. The van der Waals surface area contributed by atoms with Gasteiger partial charge in [-0.25, -0.2) is 15.0 Å². The Labute approximate surface area is 158 Å².